The first-order valence-electron chi connectivity index (χ1n) is 4.03. The molecule has 0 amide bonds. The Kier molecular flexibility index (Phi) is 2.37. The van der Waals surface area contributed by atoms with Gasteiger partial charge in [0.1, 0.15) is 6.17 Å². The molecule has 12 heavy (non-hydrogen) atoms. The minimum Gasteiger partial charge on any atom is -0.481 e. The molecule has 1 heterocycles. The summed E-state index contributed by atoms with van der Waals surface area (Å²) in [5.41, 5.74) is -1.17. The first kappa shape index (κ1) is 9.45. The summed E-state index contributed by atoms with van der Waals surface area (Å²) in [7, 11) is 1.80. The van der Waals surface area contributed by atoms with Crippen LogP contribution in [0.4, 0.5) is 4.39 Å². The van der Waals surface area contributed by atoms with Crippen LogP contribution in [0.3, 0.4) is 0 Å². The zero-order chi connectivity index (χ0) is 9.35. The van der Waals surface area contributed by atoms with Crippen LogP contribution in [-0.4, -0.2) is 42.3 Å². The van der Waals surface area contributed by atoms with Crippen molar-refractivity contribution in [2.75, 3.05) is 20.1 Å². The maximum Gasteiger partial charge on any atom is 0.312 e. The molecule has 1 fully saturated rings. The van der Waals surface area contributed by atoms with Crippen LogP contribution in [0.2, 0.25) is 0 Å². The summed E-state index contributed by atoms with van der Waals surface area (Å²) in [5.74, 6) is -1.02. The minimum atomic E-state index is -1.26. The monoisotopic (exact) mass is 175 g/mol. The van der Waals surface area contributed by atoms with E-state index < -0.39 is 17.6 Å². The van der Waals surface area contributed by atoms with E-state index in [9.17, 15) is 9.18 Å². The van der Waals surface area contributed by atoms with Crippen LogP contribution < -0.4 is 0 Å². The van der Waals surface area contributed by atoms with Gasteiger partial charge in [0.05, 0.1) is 5.41 Å². The van der Waals surface area contributed by atoms with E-state index in [1.54, 1.807) is 7.05 Å². The lowest BCUT2D eigenvalue weighted by Gasteiger charge is -2.37. The highest BCUT2D eigenvalue weighted by Gasteiger charge is 2.45. The van der Waals surface area contributed by atoms with Gasteiger partial charge >= 0.3 is 5.97 Å². The number of alkyl halides is 1. The molecule has 0 aromatic rings. The Balaban J connectivity index is 2.72. The van der Waals surface area contributed by atoms with Gasteiger partial charge in [-0.25, -0.2) is 4.39 Å². The lowest BCUT2D eigenvalue weighted by Crippen LogP contribution is -2.50. The van der Waals surface area contributed by atoms with E-state index >= 15 is 0 Å². The quantitative estimate of drug-likeness (QED) is 0.639. The van der Waals surface area contributed by atoms with E-state index in [-0.39, 0.29) is 6.54 Å². The van der Waals surface area contributed by atoms with Gasteiger partial charge in [0.15, 0.2) is 0 Å². The lowest BCUT2D eigenvalue weighted by atomic mass is 9.79. The van der Waals surface area contributed by atoms with E-state index in [1.807, 2.05) is 4.90 Å². The molecule has 0 saturated carbocycles. The van der Waals surface area contributed by atoms with Gasteiger partial charge < -0.3 is 10.0 Å². The molecule has 1 saturated heterocycles. The second kappa shape index (κ2) is 3.01. The topological polar surface area (TPSA) is 40.5 Å². The zero-order valence-corrected chi connectivity index (χ0v) is 7.38. The van der Waals surface area contributed by atoms with E-state index in [2.05, 4.69) is 0 Å². The predicted molar refractivity (Wildman–Crippen MR) is 42.8 cm³/mol. The maximum absolute atomic E-state index is 13.3. The molecule has 1 aliphatic heterocycles. The van der Waals surface area contributed by atoms with Crippen LogP contribution in [-0.2, 0) is 4.79 Å². The molecule has 1 aliphatic rings. The number of halogens is 1. The highest BCUT2D eigenvalue weighted by molar-refractivity contribution is 5.75. The number of carboxylic acids is 1. The smallest absolute Gasteiger partial charge is 0.312 e. The van der Waals surface area contributed by atoms with Gasteiger partial charge in [-0.2, -0.15) is 0 Å². The average molecular weight is 175 g/mol. The molecular weight excluding hydrogens is 161 g/mol. The summed E-state index contributed by atoms with van der Waals surface area (Å²) in [6, 6.07) is 0. The molecule has 0 aromatic carbocycles. The molecule has 0 aliphatic carbocycles. The fourth-order valence-electron chi connectivity index (χ4n) is 1.39. The van der Waals surface area contributed by atoms with Crippen LogP contribution in [0, 0.1) is 5.41 Å². The van der Waals surface area contributed by atoms with E-state index in [1.165, 1.54) is 6.92 Å². The molecule has 70 valence electrons. The summed E-state index contributed by atoms with van der Waals surface area (Å²) in [6.07, 6.45) is -0.867. The second-order valence-electron chi connectivity index (χ2n) is 3.70. The fraction of sp³-hybridized carbons (Fsp3) is 0.875. The van der Waals surface area contributed by atoms with Crippen molar-refractivity contribution in [1.82, 2.24) is 4.90 Å². The maximum atomic E-state index is 13.3. The van der Waals surface area contributed by atoms with Gasteiger partial charge in [0, 0.05) is 6.54 Å². The Morgan fingerprint density at radius 1 is 1.75 bits per heavy atom. The molecule has 1 rings (SSSR count). The van der Waals surface area contributed by atoms with E-state index in [0.29, 0.717) is 13.0 Å². The fourth-order valence-corrected chi connectivity index (χ4v) is 1.39. The summed E-state index contributed by atoms with van der Waals surface area (Å²) in [5, 5.41) is 8.80. The standard InChI is InChI=1S/C8H14FNO2/c1-8(7(11)12)3-4-10(2)5-6(8)9/h6H,3-5H2,1-2H3,(H,11,12). The van der Waals surface area contributed by atoms with Crippen LogP contribution in [0.1, 0.15) is 13.3 Å². The van der Waals surface area contributed by atoms with Crippen molar-refractivity contribution < 1.29 is 14.3 Å². The highest BCUT2D eigenvalue weighted by Crippen LogP contribution is 2.33. The van der Waals surface area contributed by atoms with E-state index in [4.69, 9.17) is 5.11 Å². The first-order chi connectivity index (χ1) is 5.47. The number of aliphatic carboxylic acids is 1. The van der Waals surface area contributed by atoms with Crippen molar-refractivity contribution in [3.63, 3.8) is 0 Å². The Bertz CT molecular complexity index is 197. The van der Waals surface area contributed by atoms with Crippen LogP contribution in [0.5, 0.6) is 0 Å². The SMILES string of the molecule is CN1CCC(C)(C(=O)O)C(F)C1. The third-order valence-corrected chi connectivity index (χ3v) is 2.66. The summed E-state index contributed by atoms with van der Waals surface area (Å²) < 4.78 is 13.3. The van der Waals surface area contributed by atoms with Crippen LogP contribution >= 0.6 is 0 Å². The molecule has 0 radical (unpaired) electrons. The van der Waals surface area contributed by atoms with Gasteiger partial charge in [-0.1, -0.05) is 0 Å². The lowest BCUT2D eigenvalue weighted by molar-refractivity contribution is -0.155. The number of piperidine rings is 1. The number of carbonyl (C=O) groups is 1. The normalized spacial score (nSPS) is 38.1. The summed E-state index contributed by atoms with van der Waals surface area (Å²) >= 11 is 0. The van der Waals surface area contributed by atoms with Crippen molar-refractivity contribution in [2.24, 2.45) is 5.41 Å². The molecule has 4 heteroatoms. The number of hydrogen-bond acceptors (Lipinski definition) is 2. The molecule has 3 nitrogen and oxygen atoms in total. The molecular formula is C8H14FNO2. The number of carboxylic acid groups (broad SMARTS) is 1. The van der Waals surface area contributed by atoms with Gasteiger partial charge in [0.2, 0.25) is 0 Å². The molecule has 0 spiro atoms. The average Bonchev–Trinajstić information content (AvgIpc) is 1.97. The third-order valence-electron chi connectivity index (χ3n) is 2.66. The predicted octanol–water partition coefficient (Wildman–Crippen LogP) is 0.751. The largest absolute Gasteiger partial charge is 0.481 e. The van der Waals surface area contributed by atoms with Crippen molar-refractivity contribution in [3.05, 3.63) is 0 Å². The number of likely N-dealkylation sites (tertiary alicyclic amines) is 1. The van der Waals surface area contributed by atoms with Gasteiger partial charge in [0.25, 0.3) is 0 Å². The van der Waals surface area contributed by atoms with E-state index in [0.717, 1.165) is 0 Å². The molecule has 2 atom stereocenters. The minimum absolute atomic E-state index is 0.225. The Labute approximate surface area is 71.2 Å². The molecule has 0 bridgehead atoms. The van der Waals surface area contributed by atoms with Crippen LogP contribution in [0.15, 0.2) is 0 Å². The number of rotatable bonds is 1. The highest BCUT2D eigenvalue weighted by atomic mass is 19.1. The van der Waals surface area contributed by atoms with Crippen LogP contribution in [0.25, 0.3) is 0 Å². The summed E-state index contributed by atoms with van der Waals surface area (Å²) in [6.45, 7) is 2.36. The van der Waals surface area contributed by atoms with Crippen molar-refractivity contribution >= 4 is 5.97 Å². The van der Waals surface area contributed by atoms with Gasteiger partial charge in [-0.3, -0.25) is 4.79 Å². The van der Waals surface area contributed by atoms with Gasteiger partial charge in [-0.15, -0.1) is 0 Å². The Morgan fingerprint density at radius 2 is 2.33 bits per heavy atom. The zero-order valence-electron chi connectivity index (χ0n) is 7.38. The van der Waals surface area contributed by atoms with Crippen molar-refractivity contribution in [1.29, 1.82) is 0 Å². The van der Waals surface area contributed by atoms with Crippen molar-refractivity contribution in [2.45, 2.75) is 19.5 Å². The van der Waals surface area contributed by atoms with Gasteiger partial charge in [-0.05, 0) is 26.9 Å². The number of hydrogen-bond donors (Lipinski definition) is 1. The Hall–Kier alpha value is -0.640. The van der Waals surface area contributed by atoms with Crippen molar-refractivity contribution in [3.8, 4) is 0 Å². The molecule has 1 N–H and O–H groups in total. The second-order valence-corrected chi connectivity index (χ2v) is 3.70. The Morgan fingerprint density at radius 3 is 2.75 bits per heavy atom. The number of nitrogens with zero attached hydrogens (tertiary/aromatic N) is 1. The summed E-state index contributed by atoms with van der Waals surface area (Å²) in [4.78, 5) is 12.5. The first-order valence-corrected chi connectivity index (χ1v) is 4.03. The molecule has 0 aromatic heterocycles. The third kappa shape index (κ3) is 1.43. The molecule has 2 unspecified atom stereocenters.